The molecule has 176 valence electrons. The van der Waals surface area contributed by atoms with Crippen LogP contribution in [0.15, 0.2) is 91.1 Å². The number of nitrogens with zero attached hydrogens (tertiary/aromatic N) is 3. The van der Waals surface area contributed by atoms with E-state index in [4.69, 9.17) is 0 Å². The Kier molecular flexibility index (Phi) is 4.49. The molecule has 4 aromatic carbocycles. The molecule has 3 aromatic heterocycles. The fraction of sp³-hybridized carbons (Fsp3) is 0.0938. The standard InChI is InChI=1S/C32H23N5/c1-32(2,18-33)22-11-7-19(8-12-22)31-30-25-15-20(10-14-26(25)34-17-29(30)36-37-31)21-9-13-24-23-5-3-4-6-27(23)35-28(24)16-21/h3-17,35H,1-2H3,(H,36,37). The molecular formula is C32H23N5. The number of benzene rings is 4. The smallest absolute Gasteiger partial charge is 0.101 e. The Bertz CT molecular complexity index is 2020. The van der Waals surface area contributed by atoms with Crippen molar-refractivity contribution < 1.29 is 0 Å². The lowest BCUT2D eigenvalue weighted by molar-refractivity contribution is 0.687. The summed E-state index contributed by atoms with van der Waals surface area (Å²) in [5.41, 5.74) is 8.69. The van der Waals surface area contributed by atoms with Gasteiger partial charge in [-0.05, 0) is 54.8 Å². The zero-order chi connectivity index (χ0) is 25.1. The minimum Gasteiger partial charge on any atom is -0.354 e. The van der Waals surface area contributed by atoms with E-state index in [1.54, 1.807) is 0 Å². The van der Waals surface area contributed by atoms with Gasteiger partial charge in [0, 0.05) is 38.1 Å². The molecule has 2 N–H and O–H groups in total. The molecule has 5 heteroatoms. The van der Waals surface area contributed by atoms with Crippen LogP contribution in [0.4, 0.5) is 0 Å². The van der Waals surface area contributed by atoms with Gasteiger partial charge in [0.15, 0.2) is 0 Å². The molecule has 0 aliphatic rings. The molecule has 7 rings (SSSR count). The minimum atomic E-state index is -0.538. The average molecular weight is 478 g/mol. The summed E-state index contributed by atoms with van der Waals surface area (Å²) in [4.78, 5) is 8.23. The molecule has 0 fully saturated rings. The van der Waals surface area contributed by atoms with Crippen molar-refractivity contribution in [2.24, 2.45) is 0 Å². The van der Waals surface area contributed by atoms with Crippen molar-refractivity contribution in [1.82, 2.24) is 20.2 Å². The Morgan fingerprint density at radius 1 is 0.730 bits per heavy atom. The summed E-state index contributed by atoms with van der Waals surface area (Å²) in [6.45, 7) is 3.86. The summed E-state index contributed by atoms with van der Waals surface area (Å²) in [6.07, 6.45) is 1.84. The third kappa shape index (κ3) is 3.30. The van der Waals surface area contributed by atoms with Gasteiger partial charge in [0.25, 0.3) is 0 Å². The fourth-order valence-corrected chi connectivity index (χ4v) is 5.24. The van der Waals surface area contributed by atoms with Gasteiger partial charge in [-0.2, -0.15) is 10.4 Å². The van der Waals surface area contributed by atoms with Crippen LogP contribution in [0, 0.1) is 11.3 Å². The van der Waals surface area contributed by atoms with Gasteiger partial charge >= 0.3 is 0 Å². The number of nitrogens with one attached hydrogen (secondary N) is 2. The second-order valence-corrected chi connectivity index (χ2v) is 10.1. The van der Waals surface area contributed by atoms with Gasteiger partial charge in [-0.15, -0.1) is 0 Å². The molecule has 7 aromatic rings. The van der Waals surface area contributed by atoms with Crippen LogP contribution >= 0.6 is 0 Å². The Balaban J connectivity index is 1.38. The Labute approximate surface area is 213 Å². The molecule has 37 heavy (non-hydrogen) atoms. The van der Waals surface area contributed by atoms with E-state index in [1.165, 1.54) is 10.8 Å². The summed E-state index contributed by atoms with van der Waals surface area (Å²) >= 11 is 0. The van der Waals surface area contributed by atoms with E-state index < -0.39 is 5.41 Å². The number of aromatic nitrogens is 4. The van der Waals surface area contributed by atoms with Crippen LogP contribution < -0.4 is 0 Å². The SMILES string of the molecule is CC(C)(C#N)c1ccc(-c2n[nH]c3cnc4ccc(-c5ccc6c(c5)[nH]c5ccccc56)cc4c23)cc1. The third-order valence-electron chi connectivity index (χ3n) is 7.39. The van der Waals surface area contributed by atoms with Crippen LogP contribution in [0.1, 0.15) is 19.4 Å². The first-order chi connectivity index (χ1) is 18.0. The first-order valence-electron chi connectivity index (χ1n) is 12.3. The van der Waals surface area contributed by atoms with Gasteiger partial charge in [-0.25, -0.2) is 0 Å². The minimum absolute atomic E-state index is 0.538. The van der Waals surface area contributed by atoms with Crippen molar-refractivity contribution in [2.75, 3.05) is 0 Å². The molecule has 3 heterocycles. The van der Waals surface area contributed by atoms with Gasteiger partial charge < -0.3 is 4.98 Å². The molecule has 0 saturated heterocycles. The molecule has 0 saturated carbocycles. The van der Waals surface area contributed by atoms with Gasteiger partial charge in [0.1, 0.15) is 5.69 Å². The van der Waals surface area contributed by atoms with E-state index in [2.05, 4.69) is 86.9 Å². The maximum atomic E-state index is 9.50. The van der Waals surface area contributed by atoms with Crippen LogP contribution in [-0.2, 0) is 5.41 Å². The predicted molar refractivity (Wildman–Crippen MR) is 150 cm³/mol. The third-order valence-corrected chi connectivity index (χ3v) is 7.39. The van der Waals surface area contributed by atoms with Gasteiger partial charge in [0.2, 0.25) is 0 Å². The lowest BCUT2D eigenvalue weighted by Gasteiger charge is -2.15. The van der Waals surface area contributed by atoms with Crippen molar-refractivity contribution in [1.29, 1.82) is 5.26 Å². The fourth-order valence-electron chi connectivity index (χ4n) is 5.24. The second-order valence-electron chi connectivity index (χ2n) is 10.1. The number of pyridine rings is 1. The number of rotatable bonds is 3. The van der Waals surface area contributed by atoms with E-state index >= 15 is 0 Å². The van der Waals surface area contributed by atoms with E-state index in [1.807, 2.05) is 44.3 Å². The molecule has 0 atom stereocenters. The molecule has 0 aliphatic carbocycles. The van der Waals surface area contributed by atoms with Gasteiger partial charge in [-0.3, -0.25) is 10.1 Å². The number of fused-ring (bicyclic) bond motifs is 6. The summed E-state index contributed by atoms with van der Waals surface area (Å²) < 4.78 is 0. The summed E-state index contributed by atoms with van der Waals surface area (Å²) in [5.74, 6) is 0. The maximum absolute atomic E-state index is 9.50. The lowest BCUT2D eigenvalue weighted by atomic mass is 9.86. The normalized spacial score (nSPS) is 12.0. The molecule has 5 nitrogen and oxygen atoms in total. The number of nitriles is 1. The van der Waals surface area contributed by atoms with E-state index in [-0.39, 0.29) is 0 Å². The van der Waals surface area contributed by atoms with Crippen molar-refractivity contribution in [3.63, 3.8) is 0 Å². The van der Waals surface area contributed by atoms with Crippen LogP contribution in [0.3, 0.4) is 0 Å². The van der Waals surface area contributed by atoms with Crippen molar-refractivity contribution >= 4 is 43.6 Å². The molecule has 0 bridgehead atoms. The largest absolute Gasteiger partial charge is 0.354 e. The number of hydrogen-bond donors (Lipinski definition) is 2. The Morgan fingerprint density at radius 2 is 1.46 bits per heavy atom. The topological polar surface area (TPSA) is 81.2 Å². The summed E-state index contributed by atoms with van der Waals surface area (Å²) in [5, 5.41) is 21.9. The van der Waals surface area contributed by atoms with Crippen molar-refractivity contribution in [3.05, 3.63) is 96.7 Å². The summed E-state index contributed by atoms with van der Waals surface area (Å²) in [7, 11) is 0. The highest BCUT2D eigenvalue weighted by Gasteiger charge is 2.20. The molecular weight excluding hydrogens is 454 g/mol. The molecule has 0 aliphatic heterocycles. The second kappa shape index (κ2) is 7.78. The lowest BCUT2D eigenvalue weighted by Crippen LogP contribution is -2.13. The van der Waals surface area contributed by atoms with Gasteiger partial charge in [0.05, 0.1) is 28.7 Å². The molecule has 0 radical (unpaired) electrons. The predicted octanol–water partition coefficient (Wildman–Crippen LogP) is 7.88. The summed E-state index contributed by atoms with van der Waals surface area (Å²) in [6, 6.07) is 31.9. The average Bonchev–Trinajstić information content (AvgIpc) is 3.54. The van der Waals surface area contributed by atoms with E-state index in [0.29, 0.717) is 0 Å². The highest BCUT2D eigenvalue weighted by atomic mass is 15.1. The van der Waals surface area contributed by atoms with Gasteiger partial charge in [-0.1, -0.05) is 60.7 Å². The Hall–Kier alpha value is -4.95. The number of aromatic amines is 2. The molecule has 0 spiro atoms. The maximum Gasteiger partial charge on any atom is 0.101 e. The van der Waals surface area contributed by atoms with Crippen LogP contribution in [0.25, 0.3) is 66.0 Å². The van der Waals surface area contributed by atoms with Crippen molar-refractivity contribution in [3.8, 4) is 28.5 Å². The monoisotopic (exact) mass is 477 g/mol. The first kappa shape index (κ1) is 21.3. The number of hydrogen-bond acceptors (Lipinski definition) is 3. The molecule has 0 unspecified atom stereocenters. The number of H-pyrrole nitrogens is 2. The number of para-hydroxylation sites is 1. The zero-order valence-corrected chi connectivity index (χ0v) is 20.5. The zero-order valence-electron chi connectivity index (χ0n) is 20.5. The highest BCUT2D eigenvalue weighted by Crippen LogP contribution is 2.36. The highest BCUT2D eigenvalue weighted by molar-refractivity contribution is 6.12. The van der Waals surface area contributed by atoms with E-state index in [0.717, 1.165) is 60.8 Å². The van der Waals surface area contributed by atoms with E-state index in [9.17, 15) is 5.26 Å². The first-order valence-corrected chi connectivity index (χ1v) is 12.3. The van der Waals surface area contributed by atoms with Crippen molar-refractivity contribution in [2.45, 2.75) is 19.3 Å². The Morgan fingerprint density at radius 3 is 2.30 bits per heavy atom. The molecule has 0 amide bonds. The van der Waals surface area contributed by atoms with Crippen LogP contribution in [0.5, 0.6) is 0 Å². The van der Waals surface area contributed by atoms with Crippen LogP contribution in [-0.4, -0.2) is 20.2 Å². The quantitative estimate of drug-likeness (QED) is 0.272. The van der Waals surface area contributed by atoms with Crippen LogP contribution in [0.2, 0.25) is 0 Å².